The molecule has 0 saturated carbocycles. The van der Waals surface area contributed by atoms with Crippen LogP contribution in [0.3, 0.4) is 0 Å². The maximum Gasteiger partial charge on any atom is 0.178 e. The van der Waals surface area contributed by atoms with Crippen molar-refractivity contribution in [2.24, 2.45) is 0 Å². The van der Waals surface area contributed by atoms with Crippen LogP contribution in [0.1, 0.15) is 22.3 Å². The highest BCUT2D eigenvalue weighted by molar-refractivity contribution is 7.32. The smallest absolute Gasteiger partial charge is 0.178 e. The topological polar surface area (TPSA) is 9.23 Å². The molecule has 34 heavy (non-hydrogen) atoms. The molecule has 3 heterocycles. The maximum atomic E-state index is 13.9. The van der Waals surface area contributed by atoms with Gasteiger partial charge in [-0.15, -0.1) is 22.7 Å². The number of hydrogen-bond acceptors (Lipinski definition) is 3. The van der Waals surface area contributed by atoms with Gasteiger partial charge in [0.05, 0.1) is 9.40 Å². The summed E-state index contributed by atoms with van der Waals surface area (Å²) >= 11 is 3.57. The first kappa shape index (κ1) is 20.0. The Morgan fingerprint density at radius 3 is 2.26 bits per heavy atom. The van der Waals surface area contributed by atoms with Gasteiger partial charge in [-0.05, 0) is 53.4 Å². The number of fused-ring (bicyclic) bond motifs is 8. The second-order valence-corrected chi connectivity index (χ2v) is 10.7. The molecule has 7 rings (SSSR count). The van der Waals surface area contributed by atoms with E-state index < -0.39 is 5.60 Å². The van der Waals surface area contributed by atoms with Crippen LogP contribution in [0.2, 0.25) is 0 Å². The summed E-state index contributed by atoms with van der Waals surface area (Å²) in [6.07, 6.45) is 4.32. The molecule has 1 aliphatic rings. The van der Waals surface area contributed by atoms with Gasteiger partial charge in [0, 0.05) is 26.8 Å². The van der Waals surface area contributed by atoms with Crippen molar-refractivity contribution < 1.29 is 9.13 Å². The van der Waals surface area contributed by atoms with Gasteiger partial charge in [-0.1, -0.05) is 66.2 Å². The Hall–Kier alpha value is -3.47. The minimum absolute atomic E-state index is 0.255. The van der Waals surface area contributed by atoms with Gasteiger partial charge in [-0.3, -0.25) is 0 Å². The first-order chi connectivity index (χ1) is 16.6. The van der Waals surface area contributed by atoms with Gasteiger partial charge in [0.2, 0.25) is 0 Å². The van der Waals surface area contributed by atoms with E-state index in [1.807, 2.05) is 12.1 Å². The number of rotatable bonds is 2. The van der Waals surface area contributed by atoms with Crippen molar-refractivity contribution >= 4 is 59.0 Å². The second-order valence-electron chi connectivity index (χ2n) is 8.75. The van der Waals surface area contributed by atoms with Crippen molar-refractivity contribution in [2.45, 2.75) is 12.5 Å². The molecular weight excluding hydrogens is 459 g/mol. The molecule has 4 aromatic carbocycles. The SMILES string of the molecule is Cc1ccc(C2(c3ccc(F)cc3)C=Cc3c(c4sc5ccsc5c4c4ccccc34)O2)cc1. The van der Waals surface area contributed by atoms with Gasteiger partial charge in [0.25, 0.3) is 0 Å². The number of thiophene rings is 2. The first-order valence-electron chi connectivity index (χ1n) is 11.2. The zero-order chi connectivity index (χ0) is 22.9. The molecule has 6 aromatic rings. The highest BCUT2D eigenvalue weighted by Gasteiger charge is 2.38. The largest absolute Gasteiger partial charge is 0.471 e. The molecule has 0 saturated heterocycles. The average molecular weight is 479 g/mol. The molecular formula is C30H19FOS2. The molecule has 1 nitrogen and oxygen atoms in total. The number of halogens is 1. The molecule has 0 aliphatic carbocycles. The van der Waals surface area contributed by atoms with Crippen LogP contribution in [0, 0.1) is 12.7 Å². The summed E-state index contributed by atoms with van der Waals surface area (Å²) in [5.74, 6) is 0.643. The third-order valence-electron chi connectivity index (χ3n) is 6.73. The van der Waals surface area contributed by atoms with Gasteiger partial charge in [-0.25, -0.2) is 4.39 Å². The third-order valence-corrected chi connectivity index (χ3v) is 8.95. The zero-order valence-corrected chi connectivity index (χ0v) is 20.0. The standard InChI is InChI=1S/C30H19FOS2/c1-18-6-8-19(9-7-18)30(20-10-12-21(31)13-11-20)16-14-24-22-4-2-3-5-23(22)26-28-25(15-17-33-28)34-29(26)27(24)32-30/h2-17H,1H3. The number of aryl methyl sites for hydroxylation is 1. The predicted molar refractivity (Wildman–Crippen MR) is 143 cm³/mol. The van der Waals surface area contributed by atoms with Crippen molar-refractivity contribution in [2.75, 3.05) is 0 Å². The molecule has 0 amide bonds. The Morgan fingerprint density at radius 2 is 1.50 bits per heavy atom. The van der Waals surface area contributed by atoms with Gasteiger partial charge in [0.15, 0.2) is 5.60 Å². The van der Waals surface area contributed by atoms with Crippen molar-refractivity contribution in [1.29, 1.82) is 0 Å². The van der Waals surface area contributed by atoms with Crippen LogP contribution in [-0.4, -0.2) is 0 Å². The van der Waals surface area contributed by atoms with Crippen molar-refractivity contribution in [3.05, 3.63) is 118 Å². The van der Waals surface area contributed by atoms with Crippen LogP contribution in [0.5, 0.6) is 5.75 Å². The van der Waals surface area contributed by atoms with E-state index >= 15 is 0 Å². The number of benzene rings is 4. The first-order valence-corrected chi connectivity index (χ1v) is 12.9. The van der Waals surface area contributed by atoms with E-state index in [-0.39, 0.29) is 5.82 Å². The lowest BCUT2D eigenvalue weighted by Gasteiger charge is -2.36. The molecule has 1 aliphatic heterocycles. The minimum atomic E-state index is -0.846. The molecule has 1 unspecified atom stereocenters. The van der Waals surface area contributed by atoms with E-state index in [9.17, 15) is 4.39 Å². The van der Waals surface area contributed by atoms with Crippen LogP contribution in [0.4, 0.5) is 4.39 Å². The minimum Gasteiger partial charge on any atom is -0.471 e. The highest BCUT2D eigenvalue weighted by atomic mass is 32.1. The number of hydrogen-bond donors (Lipinski definition) is 0. The molecule has 164 valence electrons. The molecule has 4 heteroatoms. The lowest BCUT2D eigenvalue weighted by Crippen LogP contribution is -2.34. The summed E-state index contributed by atoms with van der Waals surface area (Å²) in [5, 5.41) is 5.86. The molecule has 2 aromatic heterocycles. The fraction of sp³-hybridized carbons (Fsp3) is 0.0667. The Balaban J connectivity index is 1.57. The van der Waals surface area contributed by atoms with Crippen molar-refractivity contribution in [3.63, 3.8) is 0 Å². The summed E-state index contributed by atoms with van der Waals surface area (Å²) in [6.45, 7) is 2.08. The van der Waals surface area contributed by atoms with E-state index in [1.165, 1.54) is 48.0 Å². The van der Waals surface area contributed by atoms with Crippen molar-refractivity contribution in [3.8, 4) is 5.75 Å². The molecule has 0 spiro atoms. The normalized spacial score (nSPS) is 17.4. The summed E-state index contributed by atoms with van der Waals surface area (Å²) in [7, 11) is 0. The second kappa shape index (κ2) is 7.26. The average Bonchev–Trinajstić information content (AvgIpc) is 3.47. The Labute approximate surface area is 204 Å². The zero-order valence-electron chi connectivity index (χ0n) is 18.3. The third kappa shape index (κ3) is 2.76. The van der Waals surface area contributed by atoms with Crippen molar-refractivity contribution in [1.82, 2.24) is 0 Å². The fourth-order valence-corrected chi connectivity index (χ4v) is 7.43. The Morgan fingerprint density at radius 1 is 0.794 bits per heavy atom. The van der Waals surface area contributed by atoms with E-state index in [4.69, 9.17) is 4.74 Å². The van der Waals surface area contributed by atoms with E-state index in [2.05, 4.69) is 79.1 Å². The monoisotopic (exact) mass is 478 g/mol. The van der Waals surface area contributed by atoms with Crippen LogP contribution in [0.25, 0.3) is 36.3 Å². The van der Waals surface area contributed by atoms with Gasteiger partial charge in [-0.2, -0.15) is 0 Å². The molecule has 1 atom stereocenters. The lowest BCUT2D eigenvalue weighted by atomic mass is 9.82. The van der Waals surface area contributed by atoms with E-state index in [0.717, 1.165) is 22.4 Å². The van der Waals surface area contributed by atoms with Crippen LogP contribution >= 0.6 is 22.7 Å². The quantitative estimate of drug-likeness (QED) is 0.241. The number of ether oxygens (including phenoxy) is 1. The van der Waals surface area contributed by atoms with Gasteiger partial charge < -0.3 is 4.74 Å². The van der Waals surface area contributed by atoms with Crippen LogP contribution in [0.15, 0.2) is 90.3 Å². The lowest BCUT2D eigenvalue weighted by molar-refractivity contribution is 0.164. The highest BCUT2D eigenvalue weighted by Crippen LogP contribution is 2.52. The molecule has 0 radical (unpaired) electrons. The van der Waals surface area contributed by atoms with Gasteiger partial charge >= 0.3 is 0 Å². The van der Waals surface area contributed by atoms with E-state index in [1.54, 1.807) is 22.7 Å². The Kier molecular flexibility index (Phi) is 4.26. The van der Waals surface area contributed by atoms with E-state index in [0.29, 0.717) is 0 Å². The molecule has 0 bridgehead atoms. The summed E-state index contributed by atoms with van der Waals surface area (Å²) < 4.78 is 24.7. The fourth-order valence-electron chi connectivity index (χ4n) is 5.05. The van der Waals surface area contributed by atoms with Crippen LogP contribution in [-0.2, 0) is 5.60 Å². The predicted octanol–water partition coefficient (Wildman–Crippen LogP) is 9.07. The summed E-state index contributed by atoms with van der Waals surface area (Å²) in [6, 6.07) is 25.9. The summed E-state index contributed by atoms with van der Waals surface area (Å²) in [5.41, 5.74) is 3.36. The Bertz CT molecular complexity index is 1690. The van der Waals surface area contributed by atoms with Crippen LogP contribution < -0.4 is 4.74 Å². The molecule has 0 N–H and O–H groups in total. The maximum absolute atomic E-state index is 13.9. The summed E-state index contributed by atoms with van der Waals surface area (Å²) in [4.78, 5) is 0. The molecule has 0 fully saturated rings. The van der Waals surface area contributed by atoms with Gasteiger partial charge in [0.1, 0.15) is 11.6 Å².